The van der Waals surface area contributed by atoms with Crippen LogP contribution in [0.1, 0.15) is 17.0 Å². The standard InChI is InChI=1S/C18H15IN2O4S/c1-10-7-12(11(2)21(10)14-5-3-13(19)4-6-14)8-15-17(24)20(9-16(22)23)18(25)26-15/h3-8H,9H2,1-2H3,(H,22,23)/b15-8-. The minimum absolute atomic E-state index is 0.235. The molecular formula is C18H15IN2O4S. The molecule has 1 aliphatic heterocycles. The van der Waals surface area contributed by atoms with Crippen LogP contribution in [0.3, 0.4) is 0 Å². The second-order valence-corrected chi connectivity index (χ2v) is 8.04. The maximum absolute atomic E-state index is 12.3. The lowest BCUT2D eigenvalue weighted by Gasteiger charge is -2.10. The van der Waals surface area contributed by atoms with E-state index in [9.17, 15) is 14.4 Å². The highest BCUT2D eigenvalue weighted by Crippen LogP contribution is 2.33. The van der Waals surface area contributed by atoms with E-state index >= 15 is 0 Å². The molecule has 0 aliphatic carbocycles. The molecule has 0 bridgehead atoms. The molecule has 0 atom stereocenters. The first kappa shape index (κ1) is 18.7. The van der Waals surface area contributed by atoms with Crippen LogP contribution < -0.4 is 0 Å². The van der Waals surface area contributed by atoms with Gasteiger partial charge < -0.3 is 9.67 Å². The molecule has 1 aromatic heterocycles. The number of carboxylic acid groups (broad SMARTS) is 1. The molecule has 3 rings (SSSR count). The van der Waals surface area contributed by atoms with Gasteiger partial charge >= 0.3 is 5.97 Å². The predicted octanol–water partition coefficient (Wildman–Crippen LogP) is 3.82. The van der Waals surface area contributed by atoms with Gasteiger partial charge in [-0.1, -0.05) is 0 Å². The molecule has 1 saturated heterocycles. The largest absolute Gasteiger partial charge is 0.480 e. The third-order valence-electron chi connectivity index (χ3n) is 4.01. The van der Waals surface area contributed by atoms with E-state index in [-0.39, 0.29) is 4.91 Å². The molecule has 0 radical (unpaired) electrons. The molecule has 0 saturated carbocycles. The van der Waals surface area contributed by atoms with Crippen LogP contribution in [-0.4, -0.2) is 38.2 Å². The smallest absolute Gasteiger partial charge is 0.323 e. The number of carbonyl (C=O) groups is 3. The Kier molecular flexibility index (Phi) is 5.24. The number of rotatable bonds is 4. The fraction of sp³-hybridized carbons (Fsp3) is 0.167. The van der Waals surface area contributed by atoms with Crippen molar-refractivity contribution in [1.29, 1.82) is 0 Å². The summed E-state index contributed by atoms with van der Waals surface area (Å²) < 4.78 is 3.21. The molecule has 2 aromatic rings. The molecule has 2 amide bonds. The molecule has 26 heavy (non-hydrogen) atoms. The van der Waals surface area contributed by atoms with Gasteiger partial charge in [-0.3, -0.25) is 19.3 Å². The fourth-order valence-corrected chi connectivity index (χ4v) is 4.02. The molecule has 8 heteroatoms. The van der Waals surface area contributed by atoms with Crippen LogP contribution in [0.4, 0.5) is 4.79 Å². The number of aromatic nitrogens is 1. The summed E-state index contributed by atoms with van der Waals surface area (Å²) in [6, 6.07) is 10.0. The van der Waals surface area contributed by atoms with Crippen molar-refractivity contribution >= 4 is 57.5 Å². The van der Waals surface area contributed by atoms with Crippen molar-refractivity contribution in [3.05, 3.63) is 55.8 Å². The van der Waals surface area contributed by atoms with Crippen LogP contribution in [0.2, 0.25) is 0 Å². The van der Waals surface area contributed by atoms with Crippen LogP contribution in [0.15, 0.2) is 35.2 Å². The van der Waals surface area contributed by atoms with Crippen LogP contribution in [0, 0.1) is 17.4 Å². The first-order valence-electron chi connectivity index (χ1n) is 7.70. The number of carbonyl (C=O) groups excluding carboxylic acids is 2. The number of halogens is 1. The molecule has 0 unspecified atom stereocenters. The Hall–Kier alpha value is -2.07. The first-order chi connectivity index (χ1) is 12.3. The number of amides is 2. The van der Waals surface area contributed by atoms with Gasteiger partial charge in [-0.15, -0.1) is 0 Å². The predicted molar refractivity (Wildman–Crippen MR) is 108 cm³/mol. The Labute approximate surface area is 168 Å². The maximum atomic E-state index is 12.3. The van der Waals surface area contributed by atoms with Gasteiger partial charge in [0.15, 0.2) is 0 Å². The first-order valence-corrected chi connectivity index (χ1v) is 9.59. The lowest BCUT2D eigenvalue weighted by molar-refractivity contribution is -0.140. The van der Waals surface area contributed by atoms with E-state index in [1.165, 1.54) is 0 Å². The van der Waals surface area contributed by atoms with Gasteiger partial charge in [0.05, 0.1) is 4.91 Å². The fourth-order valence-electron chi connectivity index (χ4n) is 2.83. The van der Waals surface area contributed by atoms with Gasteiger partial charge in [0.25, 0.3) is 11.1 Å². The minimum atomic E-state index is -1.22. The topological polar surface area (TPSA) is 79.6 Å². The summed E-state index contributed by atoms with van der Waals surface area (Å²) in [4.78, 5) is 36.0. The molecule has 1 N–H and O–H groups in total. The van der Waals surface area contributed by atoms with Crippen molar-refractivity contribution in [3.63, 3.8) is 0 Å². The molecule has 1 aliphatic rings. The lowest BCUT2D eigenvalue weighted by atomic mass is 10.2. The van der Waals surface area contributed by atoms with Crippen LogP contribution in [-0.2, 0) is 9.59 Å². The van der Waals surface area contributed by atoms with Gasteiger partial charge in [0, 0.05) is 20.6 Å². The normalized spacial score (nSPS) is 16.0. The van der Waals surface area contributed by atoms with Gasteiger partial charge in [0.2, 0.25) is 0 Å². The summed E-state index contributed by atoms with van der Waals surface area (Å²) in [6.45, 7) is 3.29. The summed E-state index contributed by atoms with van der Waals surface area (Å²) in [5.41, 5.74) is 3.77. The van der Waals surface area contributed by atoms with Crippen LogP contribution in [0.25, 0.3) is 11.8 Å². The molecule has 1 fully saturated rings. The number of aryl methyl sites for hydroxylation is 1. The number of benzene rings is 1. The third kappa shape index (κ3) is 3.56. The van der Waals surface area contributed by atoms with E-state index in [0.29, 0.717) is 0 Å². The van der Waals surface area contributed by atoms with Crippen molar-refractivity contribution in [2.75, 3.05) is 6.54 Å². The second kappa shape index (κ2) is 7.28. The summed E-state index contributed by atoms with van der Waals surface area (Å²) in [6.07, 6.45) is 1.65. The van der Waals surface area contributed by atoms with Crippen LogP contribution in [0.5, 0.6) is 0 Å². The third-order valence-corrected chi connectivity index (χ3v) is 5.64. The Balaban J connectivity index is 1.96. The van der Waals surface area contributed by atoms with Crippen molar-refractivity contribution < 1.29 is 19.5 Å². The van der Waals surface area contributed by atoms with Gasteiger partial charge in [0.1, 0.15) is 6.54 Å². The zero-order valence-corrected chi connectivity index (χ0v) is 17.0. The number of imide groups is 1. The molecular weight excluding hydrogens is 467 g/mol. The Morgan fingerprint density at radius 1 is 1.23 bits per heavy atom. The molecule has 2 heterocycles. The van der Waals surface area contributed by atoms with Gasteiger partial charge in [-0.05, 0) is 90.2 Å². The SMILES string of the molecule is Cc1cc(/C=C2\SC(=O)N(CC(=O)O)C2=O)c(C)n1-c1ccc(I)cc1. The highest BCUT2D eigenvalue weighted by molar-refractivity contribution is 14.1. The van der Waals surface area contributed by atoms with Crippen molar-refractivity contribution in [1.82, 2.24) is 9.47 Å². The number of hydrogen-bond donors (Lipinski definition) is 1. The van der Waals surface area contributed by atoms with E-state index in [4.69, 9.17) is 5.11 Å². The monoisotopic (exact) mass is 482 g/mol. The Morgan fingerprint density at radius 3 is 2.50 bits per heavy atom. The van der Waals surface area contributed by atoms with Gasteiger partial charge in [-0.25, -0.2) is 0 Å². The summed E-state index contributed by atoms with van der Waals surface area (Å²) in [5.74, 6) is -1.79. The lowest BCUT2D eigenvalue weighted by Crippen LogP contribution is -2.33. The number of nitrogens with zero attached hydrogens (tertiary/aromatic N) is 2. The van der Waals surface area contributed by atoms with Crippen LogP contribution >= 0.6 is 34.4 Å². The highest BCUT2D eigenvalue weighted by atomic mass is 127. The zero-order valence-electron chi connectivity index (χ0n) is 14.0. The Morgan fingerprint density at radius 2 is 1.88 bits per heavy atom. The number of thioether (sulfide) groups is 1. The summed E-state index contributed by atoms with van der Waals surface area (Å²) in [7, 11) is 0. The van der Waals surface area contributed by atoms with E-state index in [2.05, 4.69) is 27.2 Å². The second-order valence-electron chi connectivity index (χ2n) is 5.80. The number of hydrogen-bond acceptors (Lipinski definition) is 4. The van der Waals surface area contributed by atoms with E-state index in [0.717, 1.165) is 42.9 Å². The zero-order chi connectivity index (χ0) is 19.0. The number of aliphatic carboxylic acids is 1. The van der Waals surface area contributed by atoms with Gasteiger partial charge in [-0.2, -0.15) is 0 Å². The minimum Gasteiger partial charge on any atom is -0.480 e. The van der Waals surface area contributed by atoms with E-state index < -0.39 is 23.7 Å². The highest BCUT2D eigenvalue weighted by Gasteiger charge is 2.36. The van der Waals surface area contributed by atoms with Crippen molar-refractivity contribution in [2.24, 2.45) is 0 Å². The van der Waals surface area contributed by atoms with E-state index in [1.54, 1.807) is 6.08 Å². The molecule has 6 nitrogen and oxygen atoms in total. The maximum Gasteiger partial charge on any atom is 0.323 e. The average molecular weight is 482 g/mol. The van der Waals surface area contributed by atoms with E-state index in [1.807, 2.05) is 44.2 Å². The number of carboxylic acids is 1. The van der Waals surface area contributed by atoms with Crippen molar-refractivity contribution in [3.8, 4) is 5.69 Å². The molecule has 0 spiro atoms. The average Bonchev–Trinajstić information content (AvgIpc) is 2.99. The summed E-state index contributed by atoms with van der Waals surface area (Å²) in [5, 5.41) is 8.28. The Bertz CT molecular complexity index is 947. The summed E-state index contributed by atoms with van der Waals surface area (Å²) >= 11 is 3.01. The quantitative estimate of drug-likeness (QED) is 0.530. The molecule has 1 aromatic carbocycles. The molecule has 134 valence electrons. The van der Waals surface area contributed by atoms with Crippen molar-refractivity contribution in [2.45, 2.75) is 13.8 Å².